The van der Waals surface area contributed by atoms with Crippen LogP contribution in [0, 0.1) is 5.92 Å². The Labute approximate surface area is 166 Å². The molecule has 1 aliphatic heterocycles. The van der Waals surface area contributed by atoms with Gasteiger partial charge in [-0.2, -0.15) is 0 Å². The smallest absolute Gasteiger partial charge is 0.228 e. The van der Waals surface area contributed by atoms with Gasteiger partial charge in [0.15, 0.2) is 0 Å². The summed E-state index contributed by atoms with van der Waals surface area (Å²) in [6.45, 7) is 5.52. The normalized spacial score (nSPS) is 16.5. The molecule has 3 rings (SSSR count). The summed E-state index contributed by atoms with van der Waals surface area (Å²) in [4.78, 5) is 29.4. The van der Waals surface area contributed by atoms with E-state index in [0.717, 1.165) is 16.9 Å². The van der Waals surface area contributed by atoms with Crippen molar-refractivity contribution in [3.8, 4) is 5.75 Å². The zero-order chi connectivity index (χ0) is 20.1. The summed E-state index contributed by atoms with van der Waals surface area (Å²) in [6.07, 6.45) is 0.270. The van der Waals surface area contributed by atoms with Gasteiger partial charge in [0.2, 0.25) is 11.8 Å². The average molecular weight is 380 g/mol. The van der Waals surface area contributed by atoms with Gasteiger partial charge in [-0.15, -0.1) is 0 Å². The first kappa shape index (κ1) is 19.9. The van der Waals surface area contributed by atoms with Crippen LogP contribution < -0.4 is 4.74 Å². The lowest BCUT2D eigenvalue weighted by Gasteiger charge is -2.29. The van der Waals surface area contributed by atoms with Crippen LogP contribution in [0.5, 0.6) is 5.75 Å². The van der Waals surface area contributed by atoms with Gasteiger partial charge in [0.05, 0.1) is 13.0 Å². The highest BCUT2D eigenvalue weighted by molar-refractivity contribution is 5.89. The number of amides is 2. The van der Waals surface area contributed by atoms with Crippen LogP contribution in [0.15, 0.2) is 54.6 Å². The molecule has 1 atom stereocenters. The van der Waals surface area contributed by atoms with Crippen LogP contribution in [0.3, 0.4) is 0 Å². The Hall–Kier alpha value is -2.82. The number of para-hydroxylation sites is 1. The third-order valence-electron chi connectivity index (χ3n) is 5.22. The van der Waals surface area contributed by atoms with E-state index < -0.39 is 0 Å². The summed E-state index contributed by atoms with van der Waals surface area (Å²) in [5.74, 6) is 0.536. The minimum absolute atomic E-state index is 0.0210. The Morgan fingerprint density at radius 3 is 2.50 bits per heavy atom. The van der Waals surface area contributed by atoms with Crippen LogP contribution in [-0.4, -0.2) is 41.3 Å². The maximum atomic E-state index is 13.2. The second kappa shape index (κ2) is 8.91. The van der Waals surface area contributed by atoms with Gasteiger partial charge < -0.3 is 14.5 Å². The summed E-state index contributed by atoms with van der Waals surface area (Å²) in [6, 6.07) is 17.7. The summed E-state index contributed by atoms with van der Waals surface area (Å²) in [5, 5.41) is 0. The Kier molecular flexibility index (Phi) is 6.34. The first-order valence-electron chi connectivity index (χ1n) is 9.73. The fraction of sp³-hybridized carbons (Fsp3) is 0.391. The Balaban J connectivity index is 1.69. The number of benzene rings is 2. The fourth-order valence-electron chi connectivity index (χ4n) is 3.66. The van der Waals surface area contributed by atoms with E-state index in [-0.39, 0.29) is 30.2 Å². The lowest BCUT2D eigenvalue weighted by Crippen LogP contribution is -2.41. The van der Waals surface area contributed by atoms with E-state index in [1.807, 2.05) is 73.3 Å². The van der Waals surface area contributed by atoms with Crippen LogP contribution in [0.4, 0.5) is 0 Å². The van der Waals surface area contributed by atoms with Crippen LogP contribution >= 0.6 is 0 Å². The molecule has 28 heavy (non-hydrogen) atoms. The van der Waals surface area contributed by atoms with Crippen molar-refractivity contribution in [1.82, 2.24) is 9.80 Å². The molecule has 0 radical (unpaired) electrons. The van der Waals surface area contributed by atoms with E-state index in [9.17, 15) is 9.59 Å². The lowest BCUT2D eigenvalue weighted by molar-refractivity contribution is -0.138. The number of methoxy groups -OCH3 is 1. The predicted octanol–water partition coefficient (Wildman–Crippen LogP) is 3.48. The van der Waals surface area contributed by atoms with Gasteiger partial charge in [0, 0.05) is 37.7 Å². The van der Waals surface area contributed by atoms with Crippen molar-refractivity contribution in [2.45, 2.75) is 39.4 Å². The summed E-state index contributed by atoms with van der Waals surface area (Å²) >= 11 is 0. The molecule has 0 saturated carbocycles. The molecule has 1 aliphatic rings. The third kappa shape index (κ3) is 4.53. The molecule has 1 saturated heterocycles. The van der Waals surface area contributed by atoms with Crippen LogP contribution in [0.1, 0.15) is 31.4 Å². The molecular formula is C23H28N2O3. The Morgan fingerprint density at radius 1 is 1.14 bits per heavy atom. The van der Waals surface area contributed by atoms with E-state index in [0.29, 0.717) is 19.6 Å². The number of hydrogen-bond acceptors (Lipinski definition) is 3. The van der Waals surface area contributed by atoms with E-state index in [1.165, 1.54) is 0 Å². The summed E-state index contributed by atoms with van der Waals surface area (Å²) in [7, 11) is 1.63. The average Bonchev–Trinajstić information content (AvgIpc) is 3.07. The molecule has 1 fully saturated rings. The molecule has 2 aromatic rings. The first-order valence-corrected chi connectivity index (χ1v) is 9.73. The predicted molar refractivity (Wildman–Crippen MR) is 109 cm³/mol. The van der Waals surface area contributed by atoms with E-state index in [4.69, 9.17) is 4.74 Å². The van der Waals surface area contributed by atoms with Crippen molar-refractivity contribution in [2.75, 3.05) is 13.7 Å². The molecule has 0 spiro atoms. The Morgan fingerprint density at radius 2 is 1.82 bits per heavy atom. The fourth-order valence-corrected chi connectivity index (χ4v) is 3.66. The molecule has 1 unspecified atom stereocenters. The molecule has 0 bridgehead atoms. The van der Waals surface area contributed by atoms with E-state index in [2.05, 4.69) is 0 Å². The summed E-state index contributed by atoms with van der Waals surface area (Å²) < 4.78 is 5.39. The molecule has 0 aliphatic carbocycles. The number of ether oxygens (including phenoxy) is 1. The quantitative estimate of drug-likeness (QED) is 0.739. The van der Waals surface area contributed by atoms with Gasteiger partial charge in [0.1, 0.15) is 5.75 Å². The molecule has 1 heterocycles. The number of hydrogen-bond donors (Lipinski definition) is 0. The van der Waals surface area contributed by atoms with Crippen molar-refractivity contribution in [2.24, 2.45) is 5.92 Å². The maximum absolute atomic E-state index is 13.2. The van der Waals surface area contributed by atoms with Gasteiger partial charge in [0.25, 0.3) is 0 Å². The SMILES string of the molecule is COc1ccccc1CN1CC(C(=O)N(Cc2ccccc2)C(C)C)CC1=O. The number of rotatable bonds is 7. The van der Waals surface area contributed by atoms with E-state index >= 15 is 0 Å². The zero-order valence-electron chi connectivity index (χ0n) is 16.8. The van der Waals surface area contributed by atoms with Crippen LogP contribution in [0.2, 0.25) is 0 Å². The zero-order valence-corrected chi connectivity index (χ0v) is 16.8. The Bertz CT molecular complexity index is 820. The van der Waals surface area contributed by atoms with Gasteiger partial charge >= 0.3 is 0 Å². The van der Waals surface area contributed by atoms with Crippen molar-refractivity contribution in [1.29, 1.82) is 0 Å². The van der Waals surface area contributed by atoms with Crippen molar-refractivity contribution >= 4 is 11.8 Å². The lowest BCUT2D eigenvalue weighted by atomic mass is 10.1. The largest absolute Gasteiger partial charge is 0.496 e. The van der Waals surface area contributed by atoms with E-state index in [1.54, 1.807) is 12.0 Å². The number of carbonyl (C=O) groups excluding carboxylic acids is 2. The first-order chi connectivity index (χ1) is 13.5. The standard InChI is InChI=1S/C23H28N2O3/c1-17(2)25(14-18-9-5-4-6-10-18)23(27)20-13-22(26)24(16-20)15-19-11-7-8-12-21(19)28-3/h4-12,17,20H,13-16H2,1-3H3. The van der Waals surface area contributed by atoms with Crippen LogP contribution in [-0.2, 0) is 22.7 Å². The van der Waals surface area contributed by atoms with Crippen molar-refractivity contribution < 1.29 is 14.3 Å². The molecular weight excluding hydrogens is 352 g/mol. The number of nitrogens with zero attached hydrogens (tertiary/aromatic N) is 2. The molecule has 0 aromatic heterocycles. The van der Waals surface area contributed by atoms with Gasteiger partial charge in [-0.05, 0) is 25.5 Å². The highest BCUT2D eigenvalue weighted by atomic mass is 16.5. The topological polar surface area (TPSA) is 49.9 Å². The number of likely N-dealkylation sites (tertiary alicyclic amines) is 1. The molecule has 5 heteroatoms. The number of carbonyl (C=O) groups is 2. The minimum Gasteiger partial charge on any atom is -0.496 e. The van der Waals surface area contributed by atoms with Gasteiger partial charge in [-0.25, -0.2) is 0 Å². The monoisotopic (exact) mass is 380 g/mol. The van der Waals surface area contributed by atoms with Crippen molar-refractivity contribution in [3.05, 3.63) is 65.7 Å². The second-order valence-corrected chi connectivity index (χ2v) is 7.53. The maximum Gasteiger partial charge on any atom is 0.228 e. The minimum atomic E-state index is -0.298. The highest BCUT2D eigenvalue weighted by Crippen LogP contribution is 2.26. The summed E-state index contributed by atoms with van der Waals surface area (Å²) in [5.41, 5.74) is 2.05. The molecule has 2 aromatic carbocycles. The molecule has 5 nitrogen and oxygen atoms in total. The third-order valence-corrected chi connectivity index (χ3v) is 5.22. The van der Waals surface area contributed by atoms with Gasteiger partial charge in [-0.1, -0.05) is 48.5 Å². The van der Waals surface area contributed by atoms with Crippen molar-refractivity contribution in [3.63, 3.8) is 0 Å². The molecule has 2 amide bonds. The second-order valence-electron chi connectivity index (χ2n) is 7.53. The molecule has 148 valence electrons. The highest BCUT2D eigenvalue weighted by Gasteiger charge is 2.37. The molecule has 0 N–H and O–H groups in total. The van der Waals surface area contributed by atoms with Gasteiger partial charge in [-0.3, -0.25) is 9.59 Å². The van der Waals surface area contributed by atoms with Crippen LogP contribution in [0.25, 0.3) is 0 Å².